The zero-order valence-corrected chi connectivity index (χ0v) is 33.5. The standard InChI is InChI=1S/C50H50Si2/c1-49(2,3)41-31-37-45(38-32-41)51(42-19-11-7-12-20-42,43-21-13-8-14-22-43)44-33-27-39(28-34-44)40-29-35-48(36-30-40)52(50(4,5)6,46-23-15-9-16-24-46)47-25-17-10-18-26-47/h7-38H,1-6H3. The summed E-state index contributed by atoms with van der Waals surface area (Å²) in [5.74, 6) is 0. The molecular formula is C50H50Si2. The molecule has 0 nitrogen and oxygen atoms in total. The van der Waals surface area contributed by atoms with Gasteiger partial charge in [-0.3, -0.25) is 0 Å². The normalized spacial score (nSPS) is 12.4. The van der Waals surface area contributed by atoms with Crippen molar-refractivity contribution in [1.29, 1.82) is 0 Å². The van der Waals surface area contributed by atoms with Crippen molar-refractivity contribution in [3.05, 3.63) is 200 Å². The van der Waals surface area contributed by atoms with Gasteiger partial charge in [0.05, 0.1) is 0 Å². The highest BCUT2D eigenvalue weighted by atomic mass is 28.3. The molecule has 0 aromatic heterocycles. The lowest BCUT2D eigenvalue weighted by Gasteiger charge is -2.44. The molecular weight excluding hydrogens is 657 g/mol. The maximum atomic E-state index is 2.43. The Labute approximate surface area is 313 Å². The van der Waals surface area contributed by atoms with Crippen molar-refractivity contribution in [2.75, 3.05) is 0 Å². The summed E-state index contributed by atoms with van der Waals surface area (Å²) in [4.78, 5) is 0. The average Bonchev–Trinajstić information content (AvgIpc) is 3.17. The molecule has 0 N–H and O–H groups in total. The molecule has 52 heavy (non-hydrogen) atoms. The first-order valence-electron chi connectivity index (χ1n) is 18.6. The van der Waals surface area contributed by atoms with Crippen LogP contribution in [-0.2, 0) is 5.41 Å². The van der Waals surface area contributed by atoms with E-state index in [0.29, 0.717) is 0 Å². The van der Waals surface area contributed by atoms with Gasteiger partial charge in [0.1, 0.15) is 0 Å². The highest BCUT2D eigenvalue weighted by Crippen LogP contribution is 2.36. The Balaban J connectivity index is 1.35. The lowest BCUT2D eigenvalue weighted by molar-refractivity contribution is 0.590. The van der Waals surface area contributed by atoms with Gasteiger partial charge in [0.25, 0.3) is 0 Å². The van der Waals surface area contributed by atoms with E-state index in [1.54, 1.807) is 0 Å². The third kappa shape index (κ3) is 6.25. The quantitative estimate of drug-likeness (QED) is 0.110. The van der Waals surface area contributed by atoms with Crippen LogP contribution in [0.1, 0.15) is 47.1 Å². The van der Waals surface area contributed by atoms with Crippen molar-refractivity contribution < 1.29 is 0 Å². The van der Waals surface area contributed by atoms with Gasteiger partial charge in [0.2, 0.25) is 0 Å². The van der Waals surface area contributed by atoms with E-state index >= 15 is 0 Å². The van der Waals surface area contributed by atoms with Crippen molar-refractivity contribution in [2.24, 2.45) is 0 Å². The third-order valence-corrected chi connectivity index (χ3v) is 21.8. The molecule has 0 aliphatic heterocycles. The van der Waals surface area contributed by atoms with Crippen LogP contribution in [0.15, 0.2) is 194 Å². The minimum atomic E-state index is -2.63. The monoisotopic (exact) mass is 706 g/mol. The molecule has 258 valence electrons. The highest BCUT2D eigenvalue weighted by Gasteiger charge is 2.49. The van der Waals surface area contributed by atoms with Gasteiger partial charge in [0, 0.05) is 0 Å². The third-order valence-electron chi connectivity index (χ3n) is 11.1. The van der Waals surface area contributed by atoms with Gasteiger partial charge >= 0.3 is 0 Å². The second-order valence-corrected chi connectivity index (χ2v) is 24.7. The van der Waals surface area contributed by atoms with E-state index in [1.165, 1.54) is 53.0 Å². The predicted molar refractivity (Wildman–Crippen MR) is 231 cm³/mol. The maximum absolute atomic E-state index is 2.63. The Morgan fingerprint density at radius 1 is 0.288 bits per heavy atom. The zero-order valence-electron chi connectivity index (χ0n) is 31.5. The molecule has 0 saturated heterocycles. The fraction of sp³-hybridized carbons (Fsp3) is 0.160. The first-order chi connectivity index (χ1) is 25.1. The zero-order chi connectivity index (χ0) is 36.4. The summed E-state index contributed by atoms with van der Waals surface area (Å²) in [6, 6.07) is 73.5. The number of rotatable bonds is 8. The Hall–Kier alpha value is -5.03. The first kappa shape index (κ1) is 35.4. The van der Waals surface area contributed by atoms with Gasteiger partial charge in [-0.05, 0) is 63.5 Å². The maximum Gasteiger partial charge on any atom is 0.179 e. The molecule has 7 rings (SSSR count). The molecule has 7 aromatic carbocycles. The van der Waals surface area contributed by atoms with Crippen LogP contribution >= 0.6 is 0 Å². The fourth-order valence-electron chi connectivity index (χ4n) is 8.60. The Bertz CT molecular complexity index is 2110. The molecule has 0 aliphatic carbocycles. The van der Waals surface area contributed by atoms with Gasteiger partial charge in [0.15, 0.2) is 16.1 Å². The fourth-order valence-corrected chi connectivity index (χ4v) is 19.0. The van der Waals surface area contributed by atoms with E-state index in [0.717, 1.165) is 0 Å². The number of benzene rings is 7. The summed E-state index contributed by atoms with van der Waals surface area (Å²) >= 11 is 0. The predicted octanol–water partition coefficient (Wildman–Crippen LogP) is 8.30. The van der Waals surface area contributed by atoms with E-state index < -0.39 is 16.1 Å². The summed E-state index contributed by atoms with van der Waals surface area (Å²) in [5.41, 5.74) is 3.94. The highest BCUT2D eigenvalue weighted by molar-refractivity contribution is 7.20. The van der Waals surface area contributed by atoms with Crippen molar-refractivity contribution in [2.45, 2.75) is 52.0 Å². The Morgan fingerprint density at radius 3 is 0.885 bits per heavy atom. The molecule has 0 aliphatic rings. The summed E-state index contributed by atoms with van der Waals surface area (Å²) in [7, 11) is -5.04. The SMILES string of the molecule is CC(C)(C)c1ccc([Si](c2ccccc2)(c2ccccc2)c2ccc(-c3ccc([Si](c4ccccc4)(c4ccccc4)C(C)(C)C)cc3)cc2)cc1. The Kier molecular flexibility index (Phi) is 9.65. The van der Waals surface area contributed by atoms with Crippen LogP contribution in [-0.4, -0.2) is 16.1 Å². The minimum absolute atomic E-state index is 0.0484. The van der Waals surface area contributed by atoms with Gasteiger partial charge in [-0.15, -0.1) is 0 Å². The van der Waals surface area contributed by atoms with Crippen molar-refractivity contribution in [3.8, 4) is 11.1 Å². The summed E-state index contributed by atoms with van der Waals surface area (Å²) in [6.45, 7) is 14.2. The molecule has 0 saturated carbocycles. The molecule has 7 aromatic rings. The van der Waals surface area contributed by atoms with Gasteiger partial charge < -0.3 is 0 Å². The van der Waals surface area contributed by atoms with E-state index in [-0.39, 0.29) is 10.5 Å². The average molecular weight is 707 g/mol. The van der Waals surface area contributed by atoms with Crippen molar-refractivity contribution in [1.82, 2.24) is 0 Å². The number of hydrogen-bond donors (Lipinski definition) is 0. The molecule has 2 heteroatoms. The summed E-state index contributed by atoms with van der Waals surface area (Å²) < 4.78 is 0. The Morgan fingerprint density at radius 2 is 0.558 bits per heavy atom. The smallest absolute Gasteiger partial charge is 0.0624 e. The molecule has 0 spiro atoms. The van der Waals surface area contributed by atoms with Crippen LogP contribution in [0.25, 0.3) is 11.1 Å². The molecule has 0 fully saturated rings. The number of hydrogen-bond acceptors (Lipinski definition) is 0. The van der Waals surface area contributed by atoms with E-state index in [4.69, 9.17) is 0 Å². The van der Waals surface area contributed by atoms with Gasteiger partial charge in [-0.25, -0.2) is 0 Å². The van der Waals surface area contributed by atoms with Gasteiger partial charge in [-0.1, -0.05) is 236 Å². The van der Waals surface area contributed by atoms with Gasteiger partial charge in [-0.2, -0.15) is 0 Å². The van der Waals surface area contributed by atoms with Crippen molar-refractivity contribution >= 4 is 52.5 Å². The summed E-state index contributed by atoms with van der Waals surface area (Å²) in [6.07, 6.45) is 0. The summed E-state index contributed by atoms with van der Waals surface area (Å²) in [5, 5.41) is 9.97. The second kappa shape index (κ2) is 14.2. The van der Waals surface area contributed by atoms with E-state index in [2.05, 4.69) is 236 Å². The second-order valence-electron chi connectivity index (χ2n) is 16.2. The molecule has 0 atom stereocenters. The van der Waals surface area contributed by atoms with Crippen LogP contribution < -0.4 is 36.3 Å². The largest absolute Gasteiger partial charge is 0.179 e. The van der Waals surface area contributed by atoms with Crippen LogP contribution in [0, 0.1) is 0 Å². The van der Waals surface area contributed by atoms with Crippen LogP contribution in [0.4, 0.5) is 0 Å². The molecule has 0 amide bonds. The molecule has 0 radical (unpaired) electrons. The van der Waals surface area contributed by atoms with E-state index in [9.17, 15) is 0 Å². The molecule has 0 unspecified atom stereocenters. The molecule has 0 bridgehead atoms. The first-order valence-corrected chi connectivity index (χ1v) is 22.6. The molecule has 0 heterocycles. The van der Waals surface area contributed by atoms with Crippen LogP contribution in [0.3, 0.4) is 0 Å². The lowest BCUT2D eigenvalue weighted by atomic mass is 9.87. The lowest BCUT2D eigenvalue weighted by Crippen LogP contribution is -2.74. The van der Waals surface area contributed by atoms with Crippen LogP contribution in [0.5, 0.6) is 0 Å². The van der Waals surface area contributed by atoms with E-state index in [1.807, 2.05) is 0 Å². The van der Waals surface area contributed by atoms with Crippen molar-refractivity contribution in [3.63, 3.8) is 0 Å². The minimum Gasteiger partial charge on any atom is -0.0624 e. The topological polar surface area (TPSA) is 0 Å². The van der Waals surface area contributed by atoms with Crippen LogP contribution in [0.2, 0.25) is 5.04 Å².